The molecule has 1 aliphatic rings. The van der Waals surface area contributed by atoms with Gasteiger partial charge < -0.3 is 15.5 Å². The first-order valence-electron chi connectivity index (χ1n) is 9.21. The highest BCUT2D eigenvalue weighted by molar-refractivity contribution is 5.59. The predicted molar refractivity (Wildman–Crippen MR) is 105 cm³/mol. The number of nitrogens with one attached hydrogen (secondary N) is 2. The van der Waals surface area contributed by atoms with E-state index in [0.29, 0.717) is 17.6 Å². The van der Waals surface area contributed by atoms with Gasteiger partial charge in [-0.3, -0.25) is 0 Å². The molecule has 1 atom stereocenters. The second-order valence-corrected chi connectivity index (χ2v) is 6.78. The van der Waals surface area contributed by atoms with Gasteiger partial charge in [-0.05, 0) is 44.5 Å². The fourth-order valence-electron chi connectivity index (χ4n) is 3.24. The number of benzene rings is 1. The van der Waals surface area contributed by atoms with E-state index in [1.807, 2.05) is 32.2 Å². The first-order chi connectivity index (χ1) is 12.6. The Morgan fingerprint density at radius 1 is 1.31 bits per heavy atom. The molecule has 0 bridgehead atoms. The Bertz CT molecular complexity index is 810. The minimum atomic E-state index is 0.506. The van der Waals surface area contributed by atoms with Gasteiger partial charge in [-0.15, -0.1) is 0 Å². The molecule has 2 N–H and O–H groups in total. The zero-order valence-corrected chi connectivity index (χ0v) is 15.7. The lowest BCUT2D eigenvalue weighted by Gasteiger charge is -2.19. The average Bonchev–Trinajstić information content (AvgIpc) is 3.13. The molecular formula is C20H26N6. The van der Waals surface area contributed by atoms with Gasteiger partial charge in [0.1, 0.15) is 5.82 Å². The number of rotatable bonds is 6. The van der Waals surface area contributed by atoms with Crippen LogP contribution in [0.3, 0.4) is 0 Å². The molecule has 3 rings (SSSR count). The van der Waals surface area contributed by atoms with Gasteiger partial charge in [0.2, 0.25) is 5.95 Å². The van der Waals surface area contributed by atoms with E-state index in [4.69, 9.17) is 4.98 Å². The van der Waals surface area contributed by atoms with Gasteiger partial charge in [0.15, 0.2) is 0 Å². The van der Waals surface area contributed by atoms with Crippen molar-refractivity contribution >= 4 is 17.5 Å². The van der Waals surface area contributed by atoms with E-state index < -0.39 is 0 Å². The van der Waals surface area contributed by atoms with E-state index in [2.05, 4.69) is 39.6 Å². The average molecular weight is 350 g/mol. The molecule has 1 aliphatic heterocycles. The second kappa shape index (κ2) is 8.15. The van der Waals surface area contributed by atoms with Crippen molar-refractivity contribution in [1.82, 2.24) is 15.3 Å². The van der Waals surface area contributed by atoms with Gasteiger partial charge >= 0.3 is 0 Å². The fraction of sp³-hybridized carbons (Fsp3) is 0.450. The number of nitriles is 1. The minimum absolute atomic E-state index is 0.506. The summed E-state index contributed by atoms with van der Waals surface area (Å²) in [5, 5.41) is 15.9. The van der Waals surface area contributed by atoms with Crippen LogP contribution in [-0.4, -0.2) is 36.1 Å². The van der Waals surface area contributed by atoms with Crippen molar-refractivity contribution in [3.63, 3.8) is 0 Å². The van der Waals surface area contributed by atoms with Crippen LogP contribution in [0.1, 0.15) is 36.6 Å². The highest BCUT2D eigenvalue weighted by Crippen LogP contribution is 2.23. The summed E-state index contributed by atoms with van der Waals surface area (Å²) in [4.78, 5) is 11.7. The standard InChI is InChI=1S/C20H26N6/c1-4-5-16-11-19(26-9-8-18(13-26)22-3)25-20(23-16)24-17-7-6-14(2)15(10-17)12-21/h6-7,10-11,18,22H,4-5,8-9,13H2,1-3H3,(H,23,24,25). The SMILES string of the molecule is CCCc1cc(N2CCC(NC)C2)nc(Nc2ccc(C)c(C#N)c2)n1. The molecular weight excluding hydrogens is 324 g/mol. The third kappa shape index (κ3) is 4.12. The molecule has 1 saturated heterocycles. The van der Waals surface area contributed by atoms with Gasteiger partial charge in [-0.25, -0.2) is 4.98 Å². The van der Waals surface area contributed by atoms with Gasteiger partial charge in [-0.1, -0.05) is 19.4 Å². The van der Waals surface area contributed by atoms with Crippen molar-refractivity contribution in [2.45, 2.75) is 39.2 Å². The van der Waals surface area contributed by atoms with Crippen molar-refractivity contribution < 1.29 is 0 Å². The Morgan fingerprint density at radius 2 is 2.15 bits per heavy atom. The smallest absolute Gasteiger partial charge is 0.229 e. The third-order valence-corrected chi connectivity index (χ3v) is 4.81. The van der Waals surface area contributed by atoms with Crippen molar-refractivity contribution in [3.8, 4) is 6.07 Å². The molecule has 2 heterocycles. The fourth-order valence-corrected chi connectivity index (χ4v) is 3.24. The first-order valence-corrected chi connectivity index (χ1v) is 9.21. The van der Waals surface area contributed by atoms with Crippen LogP contribution >= 0.6 is 0 Å². The summed E-state index contributed by atoms with van der Waals surface area (Å²) in [6, 6.07) is 10.6. The molecule has 1 aromatic heterocycles. The number of aryl methyl sites for hydroxylation is 2. The number of hydrogen-bond acceptors (Lipinski definition) is 6. The maximum absolute atomic E-state index is 9.24. The Hall–Kier alpha value is -2.65. The highest BCUT2D eigenvalue weighted by atomic mass is 15.3. The molecule has 2 aromatic rings. The van der Waals surface area contributed by atoms with Crippen LogP contribution in [0, 0.1) is 18.3 Å². The van der Waals surface area contributed by atoms with E-state index in [-0.39, 0.29) is 0 Å². The van der Waals surface area contributed by atoms with Gasteiger partial charge in [0, 0.05) is 36.6 Å². The maximum Gasteiger partial charge on any atom is 0.229 e. The van der Waals surface area contributed by atoms with E-state index in [1.54, 1.807) is 0 Å². The number of aromatic nitrogens is 2. The Morgan fingerprint density at radius 3 is 2.85 bits per heavy atom. The summed E-state index contributed by atoms with van der Waals surface area (Å²) < 4.78 is 0. The van der Waals surface area contributed by atoms with Crippen molar-refractivity contribution in [2.75, 3.05) is 30.4 Å². The lowest BCUT2D eigenvalue weighted by Crippen LogP contribution is -2.30. The Kier molecular flexibility index (Phi) is 5.69. The molecule has 6 heteroatoms. The van der Waals surface area contributed by atoms with E-state index >= 15 is 0 Å². The molecule has 1 fully saturated rings. The van der Waals surface area contributed by atoms with Crippen LogP contribution in [0.5, 0.6) is 0 Å². The zero-order chi connectivity index (χ0) is 18.5. The molecule has 1 aromatic carbocycles. The van der Waals surface area contributed by atoms with Crippen LogP contribution < -0.4 is 15.5 Å². The van der Waals surface area contributed by atoms with Crippen LogP contribution in [-0.2, 0) is 6.42 Å². The molecule has 26 heavy (non-hydrogen) atoms. The molecule has 0 amide bonds. The lowest BCUT2D eigenvalue weighted by atomic mass is 10.1. The summed E-state index contributed by atoms with van der Waals surface area (Å²) in [5.74, 6) is 1.56. The van der Waals surface area contributed by atoms with Crippen molar-refractivity contribution in [1.29, 1.82) is 5.26 Å². The molecule has 0 spiro atoms. The zero-order valence-electron chi connectivity index (χ0n) is 15.7. The van der Waals surface area contributed by atoms with E-state index in [9.17, 15) is 5.26 Å². The van der Waals surface area contributed by atoms with E-state index in [0.717, 1.165) is 55.1 Å². The summed E-state index contributed by atoms with van der Waals surface area (Å²) in [6.45, 7) is 6.05. The van der Waals surface area contributed by atoms with Crippen LogP contribution in [0.15, 0.2) is 24.3 Å². The molecule has 1 unspecified atom stereocenters. The molecule has 136 valence electrons. The molecule has 0 radical (unpaired) electrons. The van der Waals surface area contributed by atoms with E-state index in [1.165, 1.54) is 0 Å². The minimum Gasteiger partial charge on any atom is -0.355 e. The maximum atomic E-state index is 9.24. The topological polar surface area (TPSA) is 76.9 Å². The number of nitrogens with zero attached hydrogens (tertiary/aromatic N) is 4. The largest absolute Gasteiger partial charge is 0.355 e. The summed E-state index contributed by atoms with van der Waals surface area (Å²) in [5.41, 5.74) is 3.51. The monoisotopic (exact) mass is 350 g/mol. The van der Waals surface area contributed by atoms with Crippen LogP contribution in [0.4, 0.5) is 17.5 Å². The summed E-state index contributed by atoms with van der Waals surface area (Å²) in [7, 11) is 2.01. The van der Waals surface area contributed by atoms with Crippen molar-refractivity contribution in [2.24, 2.45) is 0 Å². The Labute approximate surface area is 155 Å². The van der Waals surface area contributed by atoms with Crippen LogP contribution in [0.2, 0.25) is 0 Å². The van der Waals surface area contributed by atoms with Crippen LogP contribution in [0.25, 0.3) is 0 Å². The second-order valence-electron chi connectivity index (χ2n) is 6.78. The third-order valence-electron chi connectivity index (χ3n) is 4.81. The number of likely N-dealkylation sites (N-methyl/N-ethyl adjacent to an activating group) is 1. The first kappa shape index (κ1) is 18.2. The highest BCUT2D eigenvalue weighted by Gasteiger charge is 2.23. The van der Waals surface area contributed by atoms with Gasteiger partial charge in [-0.2, -0.15) is 10.2 Å². The number of anilines is 3. The molecule has 6 nitrogen and oxygen atoms in total. The normalized spacial score (nSPS) is 16.5. The summed E-state index contributed by atoms with van der Waals surface area (Å²) >= 11 is 0. The Balaban J connectivity index is 1.87. The van der Waals surface area contributed by atoms with Gasteiger partial charge in [0.05, 0.1) is 11.6 Å². The summed E-state index contributed by atoms with van der Waals surface area (Å²) in [6.07, 6.45) is 3.08. The molecule has 0 saturated carbocycles. The molecule has 0 aliphatic carbocycles. The number of hydrogen-bond donors (Lipinski definition) is 2. The van der Waals surface area contributed by atoms with Gasteiger partial charge in [0.25, 0.3) is 0 Å². The van der Waals surface area contributed by atoms with Crippen molar-refractivity contribution in [3.05, 3.63) is 41.1 Å². The predicted octanol–water partition coefficient (Wildman–Crippen LogP) is 3.15. The quantitative estimate of drug-likeness (QED) is 0.833. The lowest BCUT2D eigenvalue weighted by molar-refractivity contribution is 0.616.